The van der Waals surface area contributed by atoms with Crippen LogP contribution in [0.25, 0.3) is 0 Å². The number of ether oxygens (including phenoxy) is 1. The molecule has 0 spiro atoms. The Bertz CT molecular complexity index is 745. The summed E-state index contributed by atoms with van der Waals surface area (Å²) in [5, 5.41) is 4.35. The second-order valence-corrected chi connectivity index (χ2v) is 6.12. The van der Waals surface area contributed by atoms with Crippen LogP contribution in [0.2, 0.25) is 0 Å². The fourth-order valence-corrected chi connectivity index (χ4v) is 3.28. The number of piperazine rings is 1. The zero-order valence-electron chi connectivity index (χ0n) is 14.7. The van der Waals surface area contributed by atoms with Gasteiger partial charge in [-0.2, -0.15) is 5.10 Å². The minimum atomic E-state index is 0.0813. The molecule has 1 aliphatic heterocycles. The molecule has 24 heavy (non-hydrogen) atoms. The van der Waals surface area contributed by atoms with Gasteiger partial charge in [0.1, 0.15) is 5.75 Å². The van der Waals surface area contributed by atoms with Crippen LogP contribution in [0, 0.1) is 13.8 Å². The van der Waals surface area contributed by atoms with Crippen molar-refractivity contribution >= 4 is 11.6 Å². The van der Waals surface area contributed by atoms with Crippen molar-refractivity contribution in [3.63, 3.8) is 0 Å². The lowest BCUT2D eigenvalue weighted by molar-refractivity contribution is 0.0745. The third kappa shape index (κ3) is 2.84. The number of hydrogen-bond donors (Lipinski definition) is 0. The Kier molecular flexibility index (Phi) is 4.46. The third-order valence-electron chi connectivity index (χ3n) is 4.72. The molecular weight excluding hydrogens is 304 g/mol. The zero-order valence-corrected chi connectivity index (χ0v) is 14.7. The van der Waals surface area contributed by atoms with Crippen molar-refractivity contribution < 1.29 is 9.53 Å². The first-order valence-corrected chi connectivity index (χ1v) is 8.20. The fourth-order valence-electron chi connectivity index (χ4n) is 3.28. The maximum absolute atomic E-state index is 12.9. The molecule has 0 atom stereocenters. The molecule has 6 heteroatoms. The maximum Gasteiger partial charge on any atom is 0.257 e. The highest BCUT2D eigenvalue weighted by atomic mass is 16.5. The van der Waals surface area contributed by atoms with E-state index in [0.717, 1.165) is 41.5 Å². The summed E-state index contributed by atoms with van der Waals surface area (Å²) in [6, 6.07) is 8.01. The van der Waals surface area contributed by atoms with Crippen LogP contribution < -0.4 is 9.64 Å². The first-order chi connectivity index (χ1) is 11.5. The molecule has 1 aromatic heterocycles. The quantitative estimate of drug-likeness (QED) is 0.865. The van der Waals surface area contributed by atoms with Crippen LogP contribution in [0.4, 0.5) is 5.69 Å². The lowest BCUT2D eigenvalue weighted by atomic mass is 10.1. The number of rotatable bonds is 3. The van der Waals surface area contributed by atoms with Crippen molar-refractivity contribution in [1.29, 1.82) is 0 Å². The average molecular weight is 328 g/mol. The Balaban J connectivity index is 1.72. The molecule has 1 saturated heterocycles. The first kappa shape index (κ1) is 16.4. The smallest absolute Gasteiger partial charge is 0.257 e. The van der Waals surface area contributed by atoms with Gasteiger partial charge in [0.2, 0.25) is 0 Å². The number of aromatic nitrogens is 2. The van der Waals surface area contributed by atoms with Crippen molar-refractivity contribution in [3.05, 3.63) is 41.2 Å². The summed E-state index contributed by atoms with van der Waals surface area (Å²) >= 11 is 0. The lowest BCUT2D eigenvalue weighted by Gasteiger charge is -2.36. The number of carbonyl (C=O) groups is 1. The molecule has 0 radical (unpaired) electrons. The minimum absolute atomic E-state index is 0.0813. The van der Waals surface area contributed by atoms with Crippen molar-refractivity contribution in [1.82, 2.24) is 14.7 Å². The summed E-state index contributed by atoms with van der Waals surface area (Å²) in [4.78, 5) is 17.0. The van der Waals surface area contributed by atoms with Gasteiger partial charge >= 0.3 is 0 Å². The SMILES string of the molecule is COc1ccccc1N1CCN(C(=O)c2c(C)nn(C)c2C)CC1. The normalized spacial score (nSPS) is 14.8. The van der Waals surface area contributed by atoms with E-state index < -0.39 is 0 Å². The van der Waals surface area contributed by atoms with E-state index in [1.807, 2.05) is 44.0 Å². The minimum Gasteiger partial charge on any atom is -0.495 e. The predicted molar refractivity (Wildman–Crippen MR) is 93.8 cm³/mol. The van der Waals surface area contributed by atoms with Crippen LogP contribution in [0.15, 0.2) is 24.3 Å². The van der Waals surface area contributed by atoms with Gasteiger partial charge in [-0.25, -0.2) is 0 Å². The van der Waals surface area contributed by atoms with Gasteiger partial charge in [0.25, 0.3) is 5.91 Å². The maximum atomic E-state index is 12.9. The number of nitrogens with zero attached hydrogens (tertiary/aromatic N) is 4. The second kappa shape index (κ2) is 6.55. The molecule has 0 aliphatic carbocycles. The summed E-state index contributed by atoms with van der Waals surface area (Å²) in [6.07, 6.45) is 0. The molecule has 0 unspecified atom stereocenters. The highest BCUT2D eigenvalue weighted by molar-refractivity contribution is 5.96. The number of amides is 1. The molecule has 3 rings (SSSR count). The summed E-state index contributed by atoms with van der Waals surface area (Å²) in [6.45, 7) is 6.83. The van der Waals surface area contributed by atoms with Gasteiger partial charge in [-0.05, 0) is 26.0 Å². The Morgan fingerprint density at radius 2 is 1.79 bits per heavy atom. The molecule has 1 fully saturated rings. The van der Waals surface area contributed by atoms with Crippen molar-refractivity contribution in [2.75, 3.05) is 38.2 Å². The number of hydrogen-bond acceptors (Lipinski definition) is 4. The number of para-hydroxylation sites is 2. The monoisotopic (exact) mass is 328 g/mol. The number of carbonyl (C=O) groups excluding carboxylic acids is 1. The number of anilines is 1. The lowest BCUT2D eigenvalue weighted by Crippen LogP contribution is -2.49. The number of benzene rings is 1. The van der Waals surface area contributed by atoms with Crippen molar-refractivity contribution in [3.8, 4) is 5.75 Å². The fraction of sp³-hybridized carbons (Fsp3) is 0.444. The molecule has 128 valence electrons. The Labute approximate surface area is 142 Å². The Morgan fingerprint density at radius 3 is 2.38 bits per heavy atom. The zero-order chi connectivity index (χ0) is 17.3. The van der Waals surface area contributed by atoms with Crippen molar-refractivity contribution in [2.24, 2.45) is 7.05 Å². The average Bonchev–Trinajstić information content (AvgIpc) is 2.86. The molecule has 2 aromatic rings. The van der Waals surface area contributed by atoms with E-state index in [1.165, 1.54) is 0 Å². The van der Waals surface area contributed by atoms with Crippen LogP contribution in [0.3, 0.4) is 0 Å². The largest absolute Gasteiger partial charge is 0.495 e. The predicted octanol–water partition coefficient (Wildman–Crippen LogP) is 2.01. The van der Waals surface area contributed by atoms with Gasteiger partial charge in [-0.15, -0.1) is 0 Å². The standard InChI is InChI=1S/C18H24N4O2/c1-13-17(14(2)20(3)19-13)18(23)22-11-9-21(10-12-22)15-7-5-6-8-16(15)24-4/h5-8H,9-12H2,1-4H3. The summed E-state index contributed by atoms with van der Waals surface area (Å²) in [5.41, 5.74) is 3.54. The van der Waals surface area contributed by atoms with Gasteiger partial charge in [0, 0.05) is 38.9 Å². The van der Waals surface area contributed by atoms with E-state index in [0.29, 0.717) is 13.1 Å². The van der Waals surface area contributed by atoms with Crippen LogP contribution in [-0.4, -0.2) is 53.9 Å². The Morgan fingerprint density at radius 1 is 1.12 bits per heavy atom. The molecule has 1 amide bonds. The van der Waals surface area contributed by atoms with Crippen LogP contribution >= 0.6 is 0 Å². The topological polar surface area (TPSA) is 50.6 Å². The number of methoxy groups -OCH3 is 1. The highest BCUT2D eigenvalue weighted by Crippen LogP contribution is 2.28. The van der Waals surface area contributed by atoms with Crippen LogP contribution in [0.5, 0.6) is 5.75 Å². The van der Waals surface area contributed by atoms with Crippen LogP contribution in [-0.2, 0) is 7.05 Å². The third-order valence-corrected chi connectivity index (χ3v) is 4.72. The molecule has 6 nitrogen and oxygen atoms in total. The molecule has 0 saturated carbocycles. The molecule has 2 heterocycles. The molecule has 0 bridgehead atoms. The first-order valence-electron chi connectivity index (χ1n) is 8.20. The molecular formula is C18H24N4O2. The van der Waals surface area contributed by atoms with Crippen LogP contribution in [0.1, 0.15) is 21.7 Å². The van der Waals surface area contributed by atoms with Gasteiger partial charge < -0.3 is 14.5 Å². The summed E-state index contributed by atoms with van der Waals surface area (Å²) < 4.78 is 7.21. The van der Waals surface area contributed by atoms with E-state index in [9.17, 15) is 4.79 Å². The van der Waals surface area contributed by atoms with Gasteiger partial charge in [-0.1, -0.05) is 12.1 Å². The van der Waals surface area contributed by atoms with E-state index in [-0.39, 0.29) is 5.91 Å². The van der Waals surface area contributed by atoms with E-state index in [1.54, 1.807) is 11.8 Å². The number of aryl methyl sites for hydroxylation is 2. The van der Waals surface area contributed by atoms with E-state index in [4.69, 9.17) is 4.74 Å². The summed E-state index contributed by atoms with van der Waals surface area (Å²) in [5.74, 6) is 0.953. The van der Waals surface area contributed by atoms with Crippen molar-refractivity contribution in [2.45, 2.75) is 13.8 Å². The summed E-state index contributed by atoms with van der Waals surface area (Å²) in [7, 11) is 3.56. The van der Waals surface area contributed by atoms with E-state index in [2.05, 4.69) is 16.1 Å². The van der Waals surface area contributed by atoms with Gasteiger partial charge in [0.05, 0.1) is 24.1 Å². The van der Waals surface area contributed by atoms with E-state index >= 15 is 0 Å². The molecule has 0 N–H and O–H groups in total. The molecule has 1 aliphatic rings. The highest BCUT2D eigenvalue weighted by Gasteiger charge is 2.27. The molecule has 1 aromatic carbocycles. The van der Waals surface area contributed by atoms with Gasteiger partial charge in [0.15, 0.2) is 0 Å². The second-order valence-electron chi connectivity index (χ2n) is 6.12. The Hall–Kier alpha value is -2.50. The van der Waals surface area contributed by atoms with Gasteiger partial charge in [-0.3, -0.25) is 9.48 Å².